The van der Waals surface area contributed by atoms with E-state index in [0.29, 0.717) is 31.3 Å². The second kappa shape index (κ2) is 6.78. The molecule has 134 valence electrons. The van der Waals surface area contributed by atoms with Gasteiger partial charge in [0.1, 0.15) is 11.5 Å². The van der Waals surface area contributed by atoms with Crippen LogP contribution in [-0.2, 0) is 11.3 Å². The molecule has 0 aliphatic carbocycles. The highest BCUT2D eigenvalue weighted by molar-refractivity contribution is 5.77. The Labute approximate surface area is 151 Å². The van der Waals surface area contributed by atoms with E-state index in [-0.39, 0.29) is 11.8 Å². The number of rotatable bonds is 4. The van der Waals surface area contributed by atoms with Crippen molar-refractivity contribution < 1.29 is 13.6 Å². The molecule has 6 nitrogen and oxygen atoms in total. The Morgan fingerprint density at radius 2 is 1.96 bits per heavy atom. The first-order valence-electron chi connectivity index (χ1n) is 8.82. The summed E-state index contributed by atoms with van der Waals surface area (Å²) in [5, 5.41) is 8.42. The van der Waals surface area contributed by atoms with Gasteiger partial charge in [-0.05, 0) is 31.9 Å². The van der Waals surface area contributed by atoms with Crippen LogP contribution in [-0.4, -0.2) is 27.5 Å². The van der Waals surface area contributed by atoms with Crippen molar-refractivity contribution in [2.45, 2.75) is 39.2 Å². The Bertz CT molecular complexity index is 914. The maximum atomic E-state index is 12.3. The number of piperidine rings is 1. The van der Waals surface area contributed by atoms with Crippen molar-refractivity contribution in [1.29, 1.82) is 0 Å². The van der Waals surface area contributed by atoms with Crippen LogP contribution in [0.2, 0.25) is 0 Å². The predicted octanol–water partition coefficient (Wildman–Crippen LogP) is 3.85. The third-order valence-corrected chi connectivity index (χ3v) is 4.78. The predicted molar refractivity (Wildman–Crippen MR) is 95.3 cm³/mol. The molecule has 1 aliphatic heterocycles. The van der Waals surface area contributed by atoms with Gasteiger partial charge in [0.05, 0.1) is 11.5 Å². The number of hydrogen-bond acceptors (Lipinski definition) is 5. The molecule has 0 radical (unpaired) electrons. The van der Waals surface area contributed by atoms with Crippen molar-refractivity contribution in [2.24, 2.45) is 0 Å². The summed E-state index contributed by atoms with van der Waals surface area (Å²) in [6.45, 7) is 4.98. The van der Waals surface area contributed by atoms with Crippen LogP contribution in [0.4, 0.5) is 0 Å². The Balaban J connectivity index is 1.51. The zero-order valence-electron chi connectivity index (χ0n) is 14.9. The molecule has 1 aliphatic rings. The number of furan rings is 1. The Hall–Kier alpha value is -2.89. The van der Waals surface area contributed by atoms with Crippen molar-refractivity contribution in [3.63, 3.8) is 0 Å². The van der Waals surface area contributed by atoms with Crippen molar-refractivity contribution in [1.82, 2.24) is 15.1 Å². The van der Waals surface area contributed by atoms with Gasteiger partial charge in [0.15, 0.2) is 0 Å². The minimum atomic E-state index is 0.0611. The maximum Gasteiger partial charge on any atom is 0.251 e. The molecule has 0 saturated carbocycles. The quantitative estimate of drug-likeness (QED) is 0.714. The minimum Gasteiger partial charge on any atom is -0.466 e. The van der Waals surface area contributed by atoms with Crippen molar-refractivity contribution in [3.8, 4) is 11.5 Å². The van der Waals surface area contributed by atoms with E-state index in [1.807, 2.05) is 55.1 Å². The largest absolute Gasteiger partial charge is 0.466 e. The highest BCUT2D eigenvalue weighted by Crippen LogP contribution is 2.31. The number of nitrogens with zero attached hydrogens (tertiary/aromatic N) is 3. The lowest BCUT2D eigenvalue weighted by atomic mass is 9.97. The number of hydrogen-bond donors (Lipinski definition) is 0. The fourth-order valence-electron chi connectivity index (χ4n) is 3.42. The zero-order chi connectivity index (χ0) is 18.1. The van der Waals surface area contributed by atoms with Crippen molar-refractivity contribution >= 4 is 5.91 Å². The molecule has 1 saturated heterocycles. The fourth-order valence-corrected chi connectivity index (χ4v) is 3.42. The molecule has 1 amide bonds. The molecule has 0 spiro atoms. The number of likely N-dealkylation sites (tertiary alicyclic amines) is 1. The second-order valence-corrected chi connectivity index (χ2v) is 6.77. The number of benzene rings is 1. The van der Waals surface area contributed by atoms with E-state index in [2.05, 4.69) is 10.2 Å². The average molecular weight is 351 g/mol. The normalized spacial score (nSPS) is 17.7. The molecule has 1 unspecified atom stereocenters. The standard InChI is InChI=1S/C20H21N3O3/c1-13-10-17(14(2)25-13)20-22-21-19(26-20)16-8-9-18(24)23(12-16)11-15-6-4-3-5-7-15/h3-7,10,16H,8-9,11-12H2,1-2H3. The van der Waals surface area contributed by atoms with Crippen LogP contribution in [0, 0.1) is 13.8 Å². The molecule has 1 atom stereocenters. The topological polar surface area (TPSA) is 72.4 Å². The van der Waals surface area contributed by atoms with Crippen LogP contribution in [0.1, 0.15) is 41.7 Å². The van der Waals surface area contributed by atoms with E-state index in [1.165, 1.54) is 0 Å². The van der Waals surface area contributed by atoms with Gasteiger partial charge in [-0.15, -0.1) is 10.2 Å². The summed E-state index contributed by atoms with van der Waals surface area (Å²) >= 11 is 0. The van der Waals surface area contributed by atoms with E-state index < -0.39 is 0 Å². The second-order valence-electron chi connectivity index (χ2n) is 6.77. The van der Waals surface area contributed by atoms with Crippen LogP contribution in [0.3, 0.4) is 0 Å². The summed E-state index contributed by atoms with van der Waals surface area (Å²) in [4.78, 5) is 14.2. The summed E-state index contributed by atoms with van der Waals surface area (Å²) < 4.78 is 11.5. The first-order chi connectivity index (χ1) is 12.6. The first kappa shape index (κ1) is 16.6. The van der Waals surface area contributed by atoms with Gasteiger partial charge in [-0.2, -0.15) is 0 Å². The van der Waals surface area contributed by atoms with Gasteiger partial charge in [0.25, 0.3) is 5.89 Å². The van der Waals surface area contributed by atoms with Crippen molar-refractivity contribution in [2.75, 3.05) is 6.54 Å². The lowest BCUT2D eigenvalue weighted by Crippen LogP contribution is -2.38. The molecule has 0 bridgehead atoms. The molecule has 3 aromatic rings. The summed E-state index contributed by atoms with van der Waals surface area (Å²) in [6.07, 6.45) is 1.23. The van der Waals surface area contributed by atoms with Gasteiger partial charge >= 0.3 is 0 Å². The molecule has 1 fully saturated rings. The molecular formula is C20H21N3O3. The minimum absolute atomic E-state index is 0.0611. The van der Waals surface area contributed by atoms with Crippen LogP contribution >= 0.6 is 0 Å². The molecular weight excluding hydrogens is 330 g/mol. The fraction of sp³-hybridized carbons (Fsp3) is 0.350. The van der Waals surface area contributed by atoms with Crippen molar-refractivity contribution in [3.05, 3.63) is 59.4 Å². The zero-order valence-corrected chi connectivity index (χ0v) is 14.9. The third-order valence-electron chi connectivity index (χ3n) is 4.78. The Morgan fingerprint density at radius 1 is 1.15 bits per heavy atom. The summed E-state index contributed by atoms with van der Waals surface area (Å²) in [5.74, 6) is 2.87. The molecule has 0 N–H and O–H groups in total. The average Bonchev–Trinajstić information content (AvgIpc) is 3.24. The number of amides is 1. The smallest absolute Gasteiger partial charge is 0.251 e. The molecule has 2 aromatic heterocycles. The maximum absolute atomic E-state index is 12.3. The SMILES string of the molecule is Cc1cc(-c2nnc(C3CCC(=O)N(Cc4ccccc4)C3)o2)c(C)o1. The first-order valence-corrected chi connectivity index (χ1v) is 8.82. The van der Waals surface area contributed by atoms with E-state index in [9.17, 15) is 4.79 Å². The van der Waals surface area contributed by atoms with Crippen LogP contribution in [0.5, 0.6) is 0 Å². The third kappa shape index (κ3) is 3.27. The van der Waals surface area contributed by atoms with Gasteiger partial charge in [0.2, 0.25) is 11.8 Å². The molecule has 1 aromatic carbocycles. The van der Waals surface area contributed by atoms with Crippen LogP contribution in [0.25, 0.3) is 11.5 Å². The number of aromatic nitrogens is 2. The summed E-state index contributed by atoms with van der Waals surface area (Å²) in [7, 11) is 0. The monoisotopic (exact) mass is 351 g/mol. The van der Waals surface area contributed by atoms with Gasteiger partial charge in [0, 0.05) is 19.5 Å². The number of carbonyl (C=O) groups is 1. The Morgan fingerprint density at radius 3 is 2.69 bits per heavy atom. The van der Waals surface area contributed by atoms with Crippen LogP contribution < -0.4 is 0 Å². The van der Waals surface area contributed by atoms with Gasteiger partial charge in [-0.3, -0.25) is 4.79 Å². The highest BCUT2D eigenvalue weighted by atomic mass is 16.4. The molecule has 6 heteroatoms. The Kier molecular flexibility index (Phi) is 4.32. The van der Waals surface area contributed by atoms with E-state index in [1.54, 1.807) is 0 Å². The van der Waals surface area contributed by atoms with Gasteiger partial charge < -0.3 is 13.7 Å². The van der Waals surface area contributed by atoms with E-state index >= 15 is 0 Å². The van der Waals surface area contributed by atoms with E-state index in [4.69, 9.17) is 8.83 Å². The summed E-state index contributed by atoms with van der Waals surface area (Å²) in [6, 6.07) is 11.9. The van der Waals surface area contributed by atoms with E-state index in [0.717, 1.165) is 29.1 Å². The number of carbonyl (C=O) groups excluding carboxylic acids is 1. The molecule has 3 heterocycles. The van der Waals surface area contributed by atoms with Crippen LogP contribution in [0.15, 0.2) is 45.2 Å². The van der Waals surface area contributed by atoms with Gasteiger partial charge in [-0.1, -0.05) is 30.3 Å². The lowest BCUT2D eigenvalue weighted by molar-refractivity contribution is -0.134. The number of aryl methyl sites for hydroxylation is 2. The molecule has 4 rings (SSSR count). The van der Waals surface area contributed by atoms with Gasteiger partial charge in [-0.25, -0.2) is 0 Å². The summed E-state index contributed by atoms with van der Waals surface area (Å²) in [5.41, 5.74) is 1.95. The highest BCUT2D eigenvalue weighted by Gasteiger charge is 2.30. The lowest BCUT2D eigenvalue weighted by Gasteiger charge is -2.31. The molecule has 26 heavy (non-hydrogen) atoms.